The van der Waals surface area contributed by atoms with E-state index in [9.17, 15) is 4.79 Å². The second-order valence-electron chi connectivity index (χ2n) is 4.17. The average Bonchev–Trinajstić information content (AvgIpc) is 2.70. The molecule has 16 heavy (non-hydrogen) atoms. The van der Waals surface area contributed by atoms with Crippen molar-refractivity contribution in [1.29, 1.82) is 0 Å². The van der Waals surface area contributed by atoms with Crippen LogP contribution in [0, 0.1) is 12.3 Å². The first kappa shape index (κ1) is 12.7. The molecule has 0 spiro atoms. The van der Waals surface area contributed by atoms with Gasteiger partial charge in [-0.15, -0.1) is 0 Å². The molecule has 0 saturated carbocycles. The van der Waals surface area contributed by atoms with Gasteiger partial charge in [0.1, 0.15) is 5.76 Å². The number of aromatic nitrogens is 1. The summed E-state index contributed by atoms with van der Waals surface area (Å²) in [5.74, 6) is 1.19. The lowest BCUT2D eigenvalue weighted by molar-refractivity contribution is -0.130. The summed E-state index contributed by atoms with van der Waals surface area (Å²) in [7, 11) is 0. The Labute approximate surface area is 95.4 Å². The van der Waals surface area contributed by atoms with Gasteiger partial charge < -0.3 is 15.5 Å². The van der Waals surface area contributed by atoms with E-state index in [0.717, 1.165) is 5.76 Å². The number of nitrogens with one attached hydrogen (secondary N) is 1. The summed E-state index contributed by atoms with van der Waals surface area (Å²) < 4.78 is 5.26. The lowest BCUT2D eigenvalue weighted by Gasteiger charge is -2.24. The monoisotopic (exact) mass is 225 g/mol. The Bertz CT molecular complexity index is 356. The maximum absolute atomic E-state index is 11.8. The summed E-state index contributed by atoms with van der Waals surface area (Å²) in [5.41, 5.74) is 5.08. The first-order valence-electron chi connectivity index (χ1n) is 5.41. The van der Waals surface area contributed by atoms with Crippen LogP contribution in [-0.4, -0.2) is 17.4 Å². The number of hydrogen-bond donors (Lipinski definition) is 2. The van der Waals surface area contributed by atoms with Gasteiger partial charge in [-0.2, -0.15) is 0 Å². The van der Waals surface area contributed by atoms with E-state index in [1.165, 1.54) is 0 Å². The molecule has 1 rings (SSSR count). The Balaban J connectivity index is 2.52. The SMILES string of the molecule is CCC(C)(CN)C(=O)NCc1ncc(C)o1. The minimum absolute atomic E-state index is 0.0617. The van der Waals surface area contributed by atoms with Crippen LogP contribution in [-0.2, 0) is 11.3 Å². The lowest BCUT2D eigenvalue weighted by Crippen LogP contribution is -2.43. The van der Waals surface area contributed by atoms with E-state index in [0.29, 0.717) is 25.4 Å². The number of hydrogen-bond acceptors (Lipinski definition) is 4. The summed E-state index contributed by atoms with van der Waals surface area (Å²) in [5, 5.41) is 2.78. The smallest absolute Gasteiger partial charge is 0.227 e. The average molecular weight is 225 g/mol. The van der Waals surface area contributed by atoms with Crippen LogP contribution in [0.15, 0.2) is 10.6 Å². The first-order valence-corrected chi connectivity index (χ1v) is 5.41. The number of aryl methyl sites for hydroxylation is 1. The van der Waals surface area contributed by atoms with Crippen molar-refractivity contribution in [3.05, 3.63) is 17.8 Å². The summed E-state index contributed by atoms with van der Waals surface area (Å²) in [6.07, 6.45) is 2.34. The highest BCUT2D eigenvalue weighted by molar-refractivity contribution is 5.82. The van der Waals surface area contributed by atoms with Crippen LogP contribution in [0.4, 0.5) is 0 Å². The normalized spacial score (nSPS) is 14.5. The van der Waals surface area contributed by atoms with Crippen LogP contribution in [0.1, 0.15) is 31.9 Å². The summed E-state index contributed by atoms with van der Waals surface area (Å²) >= 11 is 0. The number of carbonyl (C=O) groups is 1. The van der Waals surface area contributed by atoms with E-state index in [2.05, 4.69) is 10.3 Å². The molecule has 1 amide bonds. The molecule has 3 N–H and O–H groups in total. The quantitative estimate of drug-likeness (QED) is 0.782. The second kappa shape index (κ2) is 5.12. The van der Waals surface area contributed by atoms with E-state index < -0.39 is 5.41 Å². The third kappa shape index (κ3) is 2.82. The second-order valence-corrected chi connectivity index (χ2v) is 4.17. The molecular formula is C11H19N3O2. The van der Waals surface area contributed by atoms with Crippen LogP contribution in [0.3, 0.4) is 0 Å². The van der Waals surface area contributed by atoms with Gasteiger partial charge in [-0.25, -0.2) is 4.98 Å². The number of rotatable bonds is 5. The molecule has 0 aliphatic rings. The summed E-state index contributed by atoms with van der Waals surface area (Å²) in [6, 6.07) is 0. The number of carbonyl (C=O) groups excluding carboxylic acids is 1. The van der Waals surface area contributed by atoms with Gasteiger partial charge in [0.15, 0.2) is 0 Å². The largest absolute Gasteiger partial charge is 0.444 e. The van der Waals surface area contributed by atoms with Crippen molar-refractivity contribution in [2.24, 2.45) is 11.1 Å². The molecular weight excluding hydrogens is 206 g/mol. The van der Waals surface area contributed by atoms with Gasteiger partial charge in [-0.05, 0) is 20.3 Å². The molecule has 0 aromatic carbocycles. The fourth-order valence-electron chi connectivity index (χ4n) is 1.25. The van der Waals surface area contributed by atoms with Crippen molar-refractivity contribution in [1.82, 2.24) is 10.3 Å². The predicted octanol–water partition coefficient (Wildman–Crippen LogP) is 0.974. The van der Waals surface area contributed by atoms with E-state index in [1.54, 1.807) is 6.20 Å². The topological polar surface area (TPSA) is 81.2 Å². The molecule has 1 aromatic rings. The highest BCUT2D eigenvalue weighted by Crippen LogP contribution is 2.19. The number of amides is 1. The Morgan fingerprint density at radius 1 is 1.69 bits per heavy atom. The molecule has 90 valence electrons. The molecule has 0 aliphatic carbocycles. The first-order chi connectivity index (χ1) is 7.51. The molecule has 0 aliphatic heterocycles. The van der Waals surface area contributed by atoms with Crippen molar-refractivity contribution in [2.45, 2.75) is 33.7 Å². The standard InChI is InChI=1S/C11H19N3O2/c1-4-11(3,7-12)10(15)14-6-9-13-5-8(2)16-9/h5H,4,6-7,12H2,1-3H3,(H,14,15). The van der Waals surface area contributed by atoms with Gasteiger partial charge in [0.2, 0.25) is 11.8 Å². The minimum Gasteiger partial charge on any atom is -0.444 e. The maximum Gasteiger partial charge on any atom is 0.227 e. The zero-order valence-corrected chi connectivity index (χ0v) is 10.0. The van der Waals surface area contributed by atoms with E-state index >= 15 is 0 Å². The van der Waals surface area contributed by atoms with Crippen molar-refractivity contribution < 1.29 is 9.21 Å². The van der Waals surface area contributed by atoms with E-state index in [-0.39, 0.29) is 5.91 Å². The molecule has 5 heteroatoms. The molecule has 0 radical (unpaired) electrons. The highest BCUT2D eigenvalue weighted by Gasteiger charge is 2.29. The Morgan fingerprint density at radius 2 is 2.38 bits per heavy atom. The fourth-order valence-corrected chi connectivity index (χ4v) is 1.25. The van der Waals surface area contributed by atoms with Crippen LogP contribution < -0.4 is 11.1 Å². The van der Waals surface area contributed by atoms with Gasteiger partial charge in [0.25, 0.3) is 0 Å². The Hall–Kier alpha value is -1.36. The number of nitrogens with zero attached hydrogens (tertiary/aromatic N) is 1. The molecule has 5 nitrogen and oxygen atoms in total. The molecule has 0 bridgehead atoms. The Kier molecular flexibility index (Phi) is 4.06. The van der Waals surface area contributed by atoms with Gasteiger partial charge in [0, 0.05) is 6.54 Å². The highest BCUT2D eigenvalue weighted by atomic mass is 16.4. The predicted molar refractivity (Wildman–Crippen MR) is 60.5 cm³/mol. The van der Waals surface area contributed by atoms with Gasteiger partial charge in [-0.3, -0.25) is 4.79 Å². The molecule has 1 atom stereocenters. The summed E-state index contributed by atoms with van der Waals surface area (Å²) in [4.78, 5) is 15.9. The van der Waals surface area contributed by atoms with Crippen molar-refractivity contribution in [3.8, 4) is 0 Å². The van der Waals surface area contributed by atoms with Gasteiger partial charge >= 0.3 is 0 Å². The van der Waals surface area contributed by atoms with Crippen LogP contribution >= 0.6 is 0 Å². The van der Waals surface area contributed by atoms with Crippen LogP contribution in [0.2, 0.25) is 0 Å². The van der Waals surface area contributed by atoms with Crippen LogP contribution in [0.25, 0.3) is 0 Å². The molecule has 1 unspecified atom stereocenters. The Morgan fingerprint density at radius 3 is 2.81 bits per heavy atom. The summed E-state index contributed by atoms with van der Waals surface area (Å²) in [6.45, 7) is 6.25. The van der Waals surface area contributed by atoms with Crippen molar-refractivity contribution >= 4 is 5.91 Å². The molecule has 0 saturated heterocycles. The molecule has 1 aromatic heterocycles. The fraction of sp³-hybridized carbons (Fsp3) is 0.636. The van der Waals surface area contributed by atoms with Gasteiger partial charge in [-0.1, -0.05) is 6.92 Å². The van der Waals surface area contributed by atoms with Crippen molar-refractivity contribution in [2.75, 3.05) is 6.54 Å². The maximum atomic E-state index is 11.8. The molecule has 0 fully saturated rings. The van der Waals surface area contributed by atoms with Gasteiger partial charge in [0.05, 0.1) is 18.2 Å². The zero-order chi connectivity index (χ0) is 12.2. The molecule has 1 heterocycles. The number of oxazole rings is 1. The van der Waals surface area contributed by atoms with Crippen LogP contribution in [0.5, 0.6) is 0 Å². The number of nitrogens with two attached hydrogens (primary N) is 1. The van der Waals surface area contributed by atoms with E-state index in [4.69, 9.17) is 10.2 Å². The van der Waals surface area contributed by atoms with Crippen molar-refractivity contribution in [3.63, 3.8) is 0 Å². The zero-order valence-electron chi connectivity index (χ0n) is 10.0. The minimum atomic E-state index is -0.512. The van der Waals surface area contributed by atoms with E-state index in [1.807, 2.05) is 20.8 Å². The third-order valence-corrected chi connectivity index (χ3v) is 2.85. The lowest BCUT2D eigenvalue weighted by atomic mass is 9.87. The third-order valence-electron chi connectivity index (χ3n) is 2.85.